The quantitative estimate of drug-likeness (QED) is 0.724. The molecule has 1 fully saturated rings. The number of nitrogens with two attached hydrogens (primary N) is 2. The second kappa shape index (κ2) is 6.78. The van der Waals surface area contributed by atoms with Crippen LogP contribution in [-0.2, 0) is 9.59 Å². The molecule has 1 aromatic rings. The summed E-state index contributed by atoms with van der Waals surface area (Å²) in [6.07, 6.45) is 1.41. The van der Waals surface area contributed by atoms with E-state index >= 15 is 0 Å². The Morgan fingerprint density at radius 1 is 1.33 bits per heavy atom. The molecule has 0 atom stereocenters. The lowest BCUT2D eigenvalue weighted by Gasteiger charge is -2.29. The van der Waals surface area contributed by atoms with E-state index in [4.69, 9.17) is 23.1 Å². The van der Waals surface area contributed by atoms with Gasteiger partial charge in [0.05, 0.1) is 17.3 Å². The van der Waals surface area contributed by atoms with Crippen LogP contribution < -0.4 is 16.8 Å². The summed E-state index contributed by atoms with van der Waals surface area (Å²) in [6, 6.07) is 4.97. The first-order valence-electron chi connectivity index (χ1n) is 6.82. The van der Waals surface area contributed by atoms with Crippen LogP contribution >= 0.6 is 11.6 Å². The van der Waals surface area contributed by atoms with E-state index in [1.54, 1.807) is 18.2 Å². The summed E-state index contributed by atoms with van der Waals surface area (Å²) in [6.45, 7) is 1.68. The zero-order valence-corrected chi connectivity index (χ0v) is 12.4. The summed E-state index contributed by atoms with van der Waals surface area (Å²) >= 11 is 5.83. The van der Waals surface area contributed by atoms with Gasteiger partial charge in [-0.3, -0.25) is 14.5 Å². The normalized spacial score (nSPS) is 16.6. The van der Waals surface area contributed by atoms with Gasteiger partial charge in [-0.2, -0.15) is 0 Å². The molecule has 1 saturated heterocycles. The number of halogens is 1. The van der Waals surface area contributed by atoms with Crippen LogP contribution in [0.2, 0.25) is 5.02 Å². The molecule has 2 rings (SSSR count). The van der Waals surface area contributed by atoms with Crippen LogP contribution in [0.25, 0.3) is 0 Å². The monoisotopic (exact) mass is 310 g/mol. The van der Waals surface area contributed by atoms with Gasteiger partial charge >= 0.3 is 0 Å². The molecule has 6 nitrogen and oxygen atoms in total. The van der Waals surface area contributed by atoms with E-state index in [-0.39, 0.29) is 24.3 Å². The van der Waals surface area contributed by atoms with Crippen molar-refractivity contribution in [1.29, 1.82) is 0 Å². The lowest BCUT2D eigenvalue weighted by Crippen LogP contribution is -2.42. The van der Waals surface area contributed by atoms with E-state index < -0.39 is 0 Å². The van der Waals surface area contributed by atoms with Crippen molar-refractivity contribution >= 4 is 34.8 Å². The highest BCUT2D eigenvalue weighted by Gasteiger charge is 2.24. The highest BCUT2D eigenvalue weighted by Crippen LogP contribution is 2.22. The Morgan fingerprint density at radius 2 is 2.00 bits per heavy atom. The second-order valence-corrected chi connectivity index (χ2v) is 5.64. The van der Waals surface area contributed by atoms with Crippen molar-refractivity contribution in [3.05, 3.63) is 23.2 Å². The minimum Gasteiger partial charge on any atom is -0.397 e. The van der Waals surface area contributed by atoms with Crippen molar-refractivity contribution < 1.29 is 9.59 Å². The Morgan fingerprint density at radius 3 is 2.57 bits per heavy atom. The Kier molecular flexibility index (Phi) is 5.03. The second-order valence-electron chi connectivity index (χ2n) is 5.24. The van der Waals surface area contributed by atoms with Crippen LogP contribution in [0.3, 0.4) is 0 Å². The number of carbonyl (C=O) groups is 2. The maximum atomic E-state index is 12.0. The summed E-state index contributed by atoms with van der Waals surface area (Å²) in [5, 5.41) is 3.24. The van der Waals surface area contributed by atoms with Crippen LogP contribution in [0.4, 0.5) is 11.4 Å². The van der Waals surface area contributed by atoms with Crippen LogP contribution in [-0.4, -0.2) is 36.3 Å². The fourth-order valence-electron chi connectivity index (χ4n) is 2.40. The molecule has 0 spiro atoms. The molecule has 21 heavy (non-hydrogen) atoms. The van der Waals surface area contributed by atoms with E-state index in [1.165, 1.54) is 0 Å². The van der Waals surface area contributed by atoms with Crippen molar-refractivity contribution in [2.75, 3.05) is 30.7 Å². The zero-order chi connectivity index (χ0) is 15.4. The van der Waals surface area contributed by atoms with E-state index in [0.29, 0.717) is 42.3 Å². The predicted octanol–water partition coefficient (Wildman–Crippen LogP) is 1.06. The molecule has 0 radical (unpaired) electrons. The molecular formula is C14H19ClN4O2. The van der Waals surface area contributed by atoms with Gasteiger partial charge in [0.15, 0.2) is 0 Å². The minimum atomic E-state index is -0.254. The highest BCUT2D eigenvalue weighted by molar-refractivity contribution is 6.33. The third-order valence-electron chi connectivity index (χ3n) is 3.64. The van der Waals surface area contributed by atoms with Crippen LogP contribution in [0.1, 0.15) is 12.8 Å². The largest absolute Gasteiger partial charge is 0.397 e. The van der Waals surface area contributed by atoms with Gasteiger partial charge in [0.25, 0.3) is 0 Å². The van der Waals surface area contributed by atoms with E-state index in [2.05, 4.69) is 5.32 Å². The maximum absolute atomic E-state index is 12.0. The number of hydrogen-bond acceptors (Lipinski definition) is 4. The molecule has 0 unspecified atom stereocenters. The average molecular weight is 311 g/mol. The molecule has 0 aromatic heterocycles. The van der Waals surface area contributed by atoms with Gasteiger partial charge in [0.2, 0.25) is 11.8 Å². The van der Waals surface area contributed by atoms with Gasteiger partial charge in [0.1, 0.15) is 0 Å². The predicted molar refractivity (Wildman–Crippen MR) is 82.9 cm³/mol. The molecule has 114 valence electrons. The van der Waals surface area contributed by atoms with Crippen molar-refractivity contribution in [3.63, 3.8) is 0 Å². The number of rotatable bonds is 4. The number of primary amides is 1. The van der Waals surface area contributed by atoms with Gasteiger partial charge in [-0.1, -0.05) is 11.6 Å². The van der Waals surface area contributed by atoms with E-state index in [1.807, 2.05) is 4.90 Å². The summed E-state index contributed by atoms with van der Waals surface area (Å²) < 4.78 is 0. The van der Waals surface area contributed by atoms with Crippen LogP contribution in [0.5, 0.6) is 0 Å². The topological polar surface area (TPSA) is 101 Å². The molecule has 7 heteroatoms. The summed E-state index contributed by atoms with van der Waals surface area (Å²) in [5.74, 6) is -0.439. The number of hydrogen-bond donors (Lipinski definition) is 3. The van der Waals surface area contributed by atoms with Gasteiger partial charge < -0.3 is 16.8 Å². The molecule has 1 heterocycles. The Balaban J connectivity index is 1.82. The van der Waals surface area contributed by atoms with Gasteiger partial charge in [0, 0.05) is 11.6 Å². The summed E-state index contributed by atoms with van der Waals surface area (Å²) in [4.78, 5) is 25.1. The number of piperidine rings is 1. The molecular weight excluding hydrogens is 292 g/mol. The molecule has 2 amide bonds. The number of nitrogens with one attached hydrogen (secondary N) is 1. The standard InChI is InChI=1S/C14H19ClN4O2/c15-11-2-1-10(7-12(11)16)18-13(20)8-19-5-3-9(4-6-19)14(17)21/h1-2,7,9H,3-6,8,16H2,(H2,17,21)(H,18,20). The number of benzene rings is 1. The van der Waals surface area contributed by atoms with Crippen molar-refractivity contribution in [2.24, 2.45) is 11.7 Å². The van der Waals surface area contributed by atoms with Gasteiger partial charge in [-0.15, -0.1) is 0 Å². The highest BCUT2D eigenvalue weighted by atomic mass is 35.5. The smallest absolute Gasteiger partial charge is 0.238 e. The number of anilines is 2. The van der Waals surface area contributed by atoms with Crippen LogP contribution in [0.15, 0.2) is 18.2 Å². The first kappa shape index (κ1) is 15.6. The number of nitrogen functional groups attached to an aromatic ring is 1. The molecule has 0 aliphatic carbocycles. The molecule has 5 N–H and O–H groups in total. The first-order valence-corrected chi connectivity index (χ1v) is 7.20. The van der Waals surface area contributed by atoms with Crippen LogP contribution in [0, 0.1) is 5.92 Å². The van der Waals surface area contributed by atoms with Crippen molar-refractivity contribution in [3.8, 4) is 0 Å². The fourth-order valence-corrected chi connectivity index (χ4v) is 2.52. The number of likely N-dealkylation sites (tertiary alicyclic amines) is 1. The summed E-state index contributed by atoms with van der Waals surface area (Å²) in [7, 11) is 0. The minimum absolute atomic E-state index is 0.0691. The van der Waals surface area contributed by atoms with Crippen molar-refractivity contribution in [1.82, 2.24) is 4.90 Å². The lowest BCUT2D eigenvalue weighted by molar-refractivity contribution is -0.123. The SMILES string of the molecule is NC(=O)C1CCN(CC(=O)Nc2ccc(Cl)c(N)c2)CC1. The third-order valence-corrected chi connectivity index (χ3v) is 3.98. The Hall–Kier alpha value is -1.79. The zero-order valence-electron chi connectivity index (χ0n) is 11.6. The average Bonchev–Trinajstić information content (AvgIpc) is 2.43. The van der Waals surface area contributed by atoms with Crippen molar-refractivity contribution in [2.45, 2.75) is 12.8 Å². The molecule has 0 saturated carbocycles. The number of carbonyl (C=O) groups excluding carboxylic acids is 2. The Bertz CT molecular complexity index is 542. The molecule has 1 aromatic carbocycles. The summed E-state index contributed by atoms with van der Waals surface area (Å²) in [5.41, 5.74) is 12.0. The number of amides is 2. The van der Waals surface area contributed by atoms with E-state index in [0.717, 1.165) is 0 Å². The van der Waals surface area contributed by atoms with E-state index in [9.17, 15) is 9.59 Å². The molecule has 0 bridgehead atoms. The van der Waals surface area contributed by atoms with Gasteiger partial charge in [-0.25, -0.2) is 0 Å². The first-order chi connectivity index (χ1) is 9.95. The number of nitrogens with zero attached hydrogens (tertiary/aromatic N) is 1. The lowest BCUT2D eigenvalue weighted by atomic mass is 9.96. The Labute approximate surface area is 128 Å². The maximum Gasteiger partial charge on any atom is 0.238 e. The fraction of sp³-hybridized carbons (Fsp3) is 0.429. The molecule has 1 aliphatic heterocycles. The molecule has 1 aliphatic rings. The van der Waals surface area contributed by atoms with Gasteiger partial charge in [-0.05, 0) is 44.1 Å². The third kappa shape index (κ3) is 4.34.